The number of benzene rings is 2. The Morgan fingerprint density at radius 2 is 1.95 bits per heavy atom. The molecule has 0 bridgehead atoms. The SMILES string of the molecule is CNc1nc(N)nc2c1ncn2[C@@H]1O[C@H](CO[P@](=O)(N[C@@H](C)C(=O)OC(C)C)Oc2cccc3ccccc23)[C@@H](O)[C@@]1(C)F. The van der Waals surface area contributed by atoms with Gasteiger partial charge in [-0.3, -0.25) is 13.9 Å². The molecule has 2 aromatic heterocycles. The highest BCUT2D eigenvalue weighted by Crippen LogP contribution is 2.49. The molecule has 44 heavy (non-hydrogen) atoms. The molecule has 1 saturated heterocycles. The molecule has 6 atom stereocenters. The van der Waals surface area contributed by atoms with Crippen molar-refractivity contribution in [1.82, 2.24) is 24.6 Å². The van der Waals surface area contributed by atoms with Crippen LogP contribution in [0.3, 0.4) is 0 Å². The van der Waals surface area contributed by atoms with E-state index in [4.69, 9.17) is 24.3 Å². The summed E-state index contributed by atoms with van der Waals surface area (Å²) in [7, 11) is -2.76. The van der Waals surface area contributed by atoms with Crippen LogP contribution in [0.2, 0.25) is 0 Å². The maximum atomic E-state index is 16.1. The summed E-state index contributed by atoms with van der Waals surface area (Å²) in [6.45, 7) is 5.38. The number of fused-ring (bicyclic) bond motifs is 2. The lowest BCUT2D eigenvalue weighted by Gasteiger charge is -2.26. The number of nitrogen functional groups attached to an aromatic ring is 1. The Balaban J connectivity index is 1.42. The molecule has 0 unspecified atom stereocenters. The number of nitrogens with two attached hydrogens (primary N) is 1. The van der Waals surface area contributed by atoms with Crippen molar-refractivity contribution in [3.8, 4) is 5.75 Å². The molecule has 0 aliphatic carbocycles. The Morgan fingerprint density at radius 1 is 1.23 bits per heavy atom. The first-order valence-electron chi connectivity index (χ1n) is 13.9. The molecule has 5 N–H and O–H groups in total. The number of rotatable bonds is 11. The molecular formula is C28H35FN7O7P. The number of carbonyl (C=O) groups excluding carboxylic acids is 1. The number of aromatic nitrogens is 4. The number of hydrogen-bond donors (Lipinski definition) is 4. The third-order valence-electron chi connectivity index (χ3n) is 7.08. The smallest absolute Gasteiger partial charge is 0.459 e. The molecule has 1 fully saturated rings. The fraction of sp³-hybridized carbons (Fsp3) is 0.429. The number of ether oxygens (including phenoxy) is 2. The van der Waals surface area contributed by atoms with Gasteiger partial charge in [0, 0.05) is 12.4 Å². The Kier molecular flexibility index (Phi) is 8.78. The number of aliphatic hydroxyl groups excluding tert-OH is 1. The third kappa shape index (κ3) is 6.19. The van der Waals surface area contributed by atoms with E-state index < -0.39 is 56.6 Å². The molecule has 0 spiro atoms. The van der Waals surface area contributed by atoms with E-state index in [0.29, 0.717) is 16.7 Å². The first kappa shape index (κ1) is 31.5. The molecule has 0 amide bonds. The number of esters is 1. The molecule has 4 aromatic rings. The Hall–Kier alpha value is -3.88. The van der Waals surface area contributed by atoms with Crippen LogP contribution in [0.25, 0.3) is 21.9 Å². The van der Waals surface area contributed by atoms with Crippen molar-refractivity contribution < 1.29 is 37.4 Å². The summed E-state index contributed by atoms with van der Waals surface area (Å²) in [5, 5.41) is 17.9. The summed E-state index contributed by atoms with van der Waals surface area (Å²) in [4.78, 5) is 25.1. The van der Waals surface area contributed by atoms with E-state index in [9.17, 15) is 14.5 Å². The fourth-order valence-corrected chi connectivity index (χ4v) is 6.44. The molecule has 2 aromatic carbocycles. The number of anilines is 2. The van der Waals surface area contributed by atoms with Gasteiger partial charge in [-0.15, -0.1) is 0 Å². The van der Waals surface area contributed by atoms with Crippen molar-refractivity contribution in [3.05, 3.63) is 48.8 Å². The Morgan fingerprint density at radius 3 is 2.68 bits per heavy atom. The van der Waals surface area contributed by atoms with E-state index in [1.165, 1.54) is 17.8 Å². The van der Waals surface area contributed by atoms with Gasteiger partial charge in [0.2, 0.25) is 5.95 Å². The standard InChI is InChI=1S/C28H35FN7O7P/c1-15(2)41-25(38)16(3)35-44(39,43-19-12-8-10-17-9-6-7-11-18(17)19)40-13-20-22(37)28(4,29)26(42-20)36-14-32-21-23(31-5)33-27(30)34-24(21)36/h6-12,14-16,20,22,26,37H,13H2,1-5H3,(H,35,39)(H3,30,31,33,34)/t16-,20+,22+,26+,28+,44+/m0/s1. The molecule has 5 rings (SSSR count). The molecular weight excluding hydrogens is 596 g/mol. The van der Waals surface area contributed by atoms with Gasteiger partial charge in [0.05, 0.1) is 19.0 Å². The molecule has 236 valence electrons. The van der Waals surface area contributed by atoms with Gasteiger partial charge in [0.25, 0.3) is 0 Å². The van der Waals surface area contributed by atoms with Crippen molar-refractivity contribution in [2.75, 3.05) is 24.7 Å². The normalized spacial score (nSPS) is 24.0. The lowest BCUT2D eigenvalue weighted by atomic mass is 9.98. The molecule has 1 aliphatic heterocycles. The largest absolute Gasteiger partial charge is 0.462 e. The molecule has 0 saturated carbocycles. The van der Waals surface area contributed by atoms with E-state index in [0.717, 1.165) is 12.3 Å². The van der Waals surface area contributed by atoms with Gasteiger partial charge in [-0.25, -0.2) is 13.9 Å². The van der Waals surface area contributed by atoms with Crippen LogP contribution >= 0.6 is 7.75 Å². The summed E-state index contributed by atoms with van der Waals surface area (Å²) in [5.74, 6) is -0.224. The lowest BCUT2D eigenvalue weighted by molar-refractivity contribution is -0.149. The average Bonchev–Trinajstić information content (AvgIpc) is 3.48. The minimum Gasteiger partial charge on any atom is -0.462 e. The summed E-state index contributed by atoms with van der Waals surface area (Å²) < 4.78 is 54.4. The highest BCUT2D eigenvalue weighted by atomic mass is 31.2. The molecule has 0 radical (unpaired) electrons. The topological polar surface area (TPSA) is 185 Å². The average molecular weight is 632 g/mol. The van der Waals surface area contributed by atoms with Gasteiger partial charge in [-0.2, -0.15) is 15.1 Å². The minimum absolute atomic E-state index is 0.0784. The first-order chi connectivity index (χ1) is 20.8. The zero-order valence-corrected chi connectivity index (χ0v) is 25.7. The number of hydrogen-bond acceptors (Lipinski definition) is 12. The van der Waals surface area contributed by atoms with Crippen LogP contribution in [-0.2, 0) is 23.4 Å². The van der Waals surface area contributed by atoms with Crippen LogP contribution in [0, 0.1) is 0 Å². The molecule has 16 heteroatoms. The molecule has 14 nitrogen and oxygen atoms in total. The highest BCUT2D eigenvalue weighted by Gasteiger charge is 2.56. The van der Waals surface area contributed by atoms with Crippen LogP contribution < -0.4 is 20.7 Å². The number of imidazole rings is 1. The van der Waals surface area contributed by atoms with Gasteiger partial charge < -0.3 is 30.2 Å². The fourth-order valence-electron chi connectivity index (χ4n) is 4.92. The summed E-state index contributed by atoms with van der Waals surface area (Å²) in [6.07, 6.45) is -3.59. The van der Waals surface area contributed by atoms with Gasteiger partial charge in [0.15, 0.2) is 28.9 Å². The van der Waals surface area contributed by atoms with E-state index in [2.05, 4.69) is 25.4 Å². The van der Waals surface area contributed by atoms with Crippen LogP contribution in [-0.4, -0.2) is 74.3 Å². The number of aliphatic hydroxyl groups is 1. The predicted octanol–water partition coefficient (Wildman–Crippen LogP) is 3.72. The summed E-state index contributed by atoms with van der Waals surface area (Å²) in [6, 6.07) is 11.3. The zero-order chi connectivity index (χ0) is 31.8. The van der Waals surface area contributed by atoms with E-state index in [1.807, 2.05) is 18.2 Å². The minimum atomic E-state index is -4.38. The second-order valence-corrected chi connectivity index (χ2v) is 12.5. The molecule has 1 aliphatic rings. The predicted molar refractivity (Wildman–Crippen MR) is 161 cm³/mol. The van der Waals surface area contributed by atoms with E-state index in [1.54, 1.807) is 45.2 Å². The number of halogens is 1. The maximum absolute atomic E-state index is 16.1. The summed E-state index contributed by atoms with van der Waals surface area (Å²) >= 11 is 0. The van der Waals surface area contributed by atoms with E-state index in [-0.39, 0.29) is 17.3 Å². The lowest BCUT2D eigenvalue weighted by Crippen LogP contribution is -2.41. The van der Waals surface area contributed by atoms with Crippen LogP contribution in [0.5, 0.6) is 5.75 Å². The first-order valence-corrected chi connectivity index (χ1v) is 15.5. The van der Waals surface area contributed by atoms with Crippen molar-refractivity contribution in [1.29, 1.82) is 0 Å². The van der Waals surface area contributed by atoms with Crippen molar-refractivity contribution in [2.45, 2.75) is 63.9 Å². The zero-order valence-electron chi connectivity index (χ0n) is 24.8. The highest BCUT2D eigenvalue weighted by molar-refractivity contribution is 7.52. The van der Waals surface area contributed by atoms with Crippen LogP contribution in [0.4, 0.5) is 16.2 Å². The monoisotopic (exact) mass is 631 g/mol. The van der Waals surface area contributed by atoms with Gasteiger partial charge in [-0.05, 0) is 39.1 Å². The second-order valence-electron chi connectivity index (χ2n) is 10.8. The second kappa shape index (κ2) is 12.3. The number of nitrogens with one attached hydrogen (secondary N) is 2. The van der Waals surface area contributed by atoms with Crippen molar-refractivity contribution in [3.63, 3.8) is 0 Å². The number of alkyl halides is 1. The number of carbonyl (C=O) groups is 1. The third-order valence-corrected chi connectivity index (χ3v) is 8.71. The Labute approximate surface area is 252 Å². The van der Waals surface area contributed by atoms with Crippen molar-refractivity contribution in [2.24, 2.45) is 0 Å². The van der Waals surface area contributed by atoms with Crippen molar-refractivity contribution >= 4 is 47.4 Å². The Bertz CT molecular complexity index is 1710. The number of nitrogens with zero attached hydrogens (tertiary/aromatic N) is 4. The van der Waals surface area contributed by atoms with Crippen LogP contribution in [0.1, 0.15) is 33.9 Å². The van der Waals surface area contributed by atoms with Crippen LogP contribution in [0.15, 0.2) is 48.8 Å². The molecule has 3 heterocycles. The summed E-state index contributed by atoms with van der Waals surface area (Å²) in [5.41, 5.74) is 3.96. The van der Waals surface area contributed by atoms with Gasteiger partial charge in [0.1, 0.15) is 24.0 Å². The van der Waals surface area contributed by atoms with Gasteiger partial charge >= 0.3 is 13.7 Å². The van der Waals surface area contributed by atoms with Gasteiger partial charge in [-0.1, -0.05) is 36.4 Å². The quantitative estimate of drug-likeness (QED) is 0.139. The maximum Gasteiger partial charge on any atom is 0.459 e. The van der Waals surface area contributed by atoms with E-state index >= 15 is 4.39 Å².